The fraction of sp³-hybridized carbons (Fsp3) is 0.130. The van der Waals surface area contributed by atoms with E-state index >= 15 is 0 Å². The molecule has 0 atom stereocenters. The molecule has 0 aliphatic rings. The molecule has 2 aromatic carbocycles. The lowest BCUT2D eigenvalue weighted by atomic mass is 10.1. The minimum absolute atomic E-state index is 0.0800. The van der Waals surface area contributed by atoms with Crippen LogP contribution in [0.3, 0.4) is 0 Å². The molecule has 4 rings (SSSR count). The zero-order chi connectivity index (χ0) is 21.4. The molecule has 30 heavy (non-hydrogen) atoms. The fourth-order valence-corrected chi connectivity index (χ4v) is 3.32. The number of carbonyl (C=O) groups is 1. The standard InChI is InChI=1S/C23H20N4O3/c1-14-4-8-17(9-5-14)21-22(26-13-15(2)6-11-20(26)25-21)23(28)24-19-12-18(27(29)30)10-7-16(19)3/h4-13H,1-3H3,(H,24,28). The molecule has 0 unspecified atom stereocenters. The summed E-state index contributed by atoms with van der Waals surface area (Å²) >= 11 is 0. The molecule has 4 aromatic rings. The molecule has 0 saturated carbocycles. The number of pyridine rings is 1. The molecule has 7 nitrogen and oxygen atoms in total. The van der Waals surface area contributed by atoms with Gasteiger partial charge in [-0.25, -0.2) is 4.98 Å². The minimum Gasteiger partial charge on any atom is -0.320 e. The average molecular weight is 400 g/mol. The Labute approximate surface area is 173 Å². The van der Waals surface area contributed by atoms with Crippen molar-refractivity contribution in [3.05, 3.63) is 93.3 Å². The predicted octanol–water partition coefficient (Wildman–Crippen LogP) is 5.09. The number of aryl methyl sites for hydroxylation is 3. The number of fused-ring (bicyclic) bond motifs is 1. The van der Waals surface area contributed by atoms with Crippen LogP contribution in [0.25, 0.3) is 16.9 Å². The van der Waals surface area contributed by atoms with Gasteiger partial charge in [-0.05, 0) is 38.0 Å². The third kappa shape index (κ3) is 3.53. The molecule has 0 radical (unpaired) electrons. The molecule has 0 saturated heterocycles. The van der Waals surface area contributed by atoms with Crippen LogP contribution in [0.15, 0.2) is 60.8 Å². The largest absolute Gasteiger partial charge is 0.320 e. The zero-order valence-corrected chi connectivity index (χ0v) is 16.8. The van der Waals surface area contributed by atoms with E-state index in [1.165, 1.54) is 12.1 Å². The Hall–Kier alpha value is -4.00. The van der Waals surface area contributed by atoms with E-state index in [4.69, 9.17) is 0 Å². The second-order valence-electron chi connectivity index (χ2n) is 7.32. The highest BCUT2D eigenvalue weighted by molar-refractivity contribution is 6.08. The van der Waals surface area contributed by atoms with Crippen molar-refractivity contribution in [2.24, 2.45) is 0 Å². The quantitative estimate of drug-likeness (QED) is 0.382. The summed E-state index contributed by atoms with van der Waals surface area (Å²) in [6.45, 7) is 5.73. The van der Waals surface area contributed by atoms with Crippen LogP contribution in [-0.2, 0) is 0 Å². The number of hydrogen-bond donors (Lipinski definition) is 1. The molecule has 0 bridgehead atoms. The number of nitro benzene ring substituents is 1. The topological polar surface area (TPSA) is 89.5 Å². The number of nitrogens with one attached hydrogen (secondary N) is 1. The number of rotatable bonds is 4. The van der Waals surface area contributed by atoms with E-state index in [9.17, 15) is 14.9 Å². The first-order chi connectivity index (χ1) is 14.3. The Balaban J connectivity index is 1.85. The molecule has 0 aliphatic heterocycles. The van der Waals surface area contributed by atoms with Gasteiger partial charge >= 0.3 is 0 Å². The highest BCUT2D eigenvalue weighted by atomic mass is 16.6. The number of anilines is 1. The molecular formula is C23H20N4O3. The van der Waals surface area contributed by atoms with E-state index in [-0.39, 0.29) is 11.6 Å². The first kappa shape index (κ1) is 19.3. The number of benzene rings is 2. The van der Waals surface area contributed by atoms with Crippen molar-refractivity contribution in [3.8, 4) is 11.3 Å². The third-order valence-corrected chi connectivity index (χ3v) is 4.99. The van der Waals surface area contributed by atoms with Crippen molar-refractivity contribution in [1.82, 2.24) is 9.38 Å². The van der Waals surface area contributed by atoms with Crippen molar-refractivity contribution in [3.63, 3.8) is 0 Å². The van der Waals surface area contributed by atoms with Gasteiger partial charge in [0.2, 0.25) is 0 Å². The van der Waals surface area contributed by atoms with Crippen LogP contribution in [-0.4, -0.2) is 20.2 Å². The summed E-state index contributed by atoms with van der Waals surface area (Å²) in [5.41, 5.74) is 5.54. The van der Waals surface area contributed by atoms with Crippen LogP contribution in [0, 0.1) is 30.9 Å². The number of carbonyl (C=O) groups excluding carboxylic acids is 1. The number of nitrogens with zero attached hydrogens (tertiary/aromatic N) is 3. The highest BCUT2D eigenvalue weighted by Crippen LogP contribution is 2.28. The van der Waals surface area contributed by atoms with E-state index in [2.05, 4.69) is 10.3 Å². The van der Waals surface area contributed by atoms with Gasteiger partial charge < -0.3 is 5.32 Å². The molecule has 150 valence electrons. The van der Waals surface area contributed by atoms with Crippen molar-refractivity contribution < 1.29 is 9.72 Å². The summed E-state index contributed by atoms with van der Waals surface area (Å²) in [4.78, 5) is 28.7. The molecular weight excluding hydrogens is 380 g/mol. The summed E-state index contributed by atoms with van der Waals surface area (Å²) in [6, 6.07) is 16.0. The van der Waals surface area contributed by atoms with E-state index < -0.39 is 4.92 Å². The van der Waals surface area contributed by atoms with Gasteiger partial charge in [0.1, 0.15) is 17.0 Å². The van der Waals surface area contributed by atoms with Gasteiger partial charge in [-0.3, -0.25) is 19.3 Å². The average Bonchev–Trinajstić information content (AvgIpc) is 3.08. The second-order valence-corrected chi connectivity index (χ2v) is 7.32. The van der Waals surface area contributed by atoms with Crippen LogP contribution in [0.5, 0.6) is 0 Å². The SMILES string of the molecule is Cc1ccc(-c2nc3ccc(C)cn3c2C(=O)Nc2cc([N+](=O)[O-])ccc2C)cc1. The number of aromatic nitrogens is 2. The molecule has 2 aromatic heterocycles. The summed E-state index contributed by atoms with van der Waals surface area (Å²) < 4.78 is 1.76. The Bertz CT molecular complexity index is 1290. The summed E-state index contributed by atoms with van der Waals surface area (Å²) in [7, 11) is 0. The molecule has 1 N–H and O–H groups in total. The Morgan fingerprint density at radius 2 is 1.70 bits per heavy atom. The summed E-state index contributed by atoms with van der Waals surface area (Å²) in [6.07, 6.45) is 1.86. The number of imidazole rings is 1. The van der Waals surface area contributed by atoms with E-state index in [0.29, 0.717) is 22.7 Å². The van der Waals surface area contributed by atoms with Crippen LogP contribution < -0.4 is 5.32 Å². The summed E-state index contributed by atoms with van der Waals surface area (Å²) in [5.74, 6) is -0.382. The molecule has 0 spiro atoms. The number of nitro groups is 1. The monoisotopic (exact) mass is 400 g/mol. The normalized spacial score (nSPS) is 10.9. The maximum Gasteiger partial charge on any atom is 0.274 e. The molecule has 2 heterocycles. The van der Waals surface area contributed by atoms with Crippen molar-refractivity contribution >= 4 is 22.9 Å². The first-order valence-electron chi connectivity index (χ1n) is 9.45. The van der Waals surface area contributed by atoms with Crippen LogP contribution >= 0.6 is 0 Å². The van der Waals surface area contributed by atoms with E-state index in [1.807, 2.05) is 56.4 Å². The lowest BCUT2D eigenvalue weighted by molar-refractivity contribution is -0.384. The lowest BCUT2D eigenvalue weighted by Crippen LogP contribution is -2.16. The molecule has 0 fully saturated rings. The van der Waals surface area contributed by atoms with Gasteiger partial charge in [-0.2, -0.15) is 0 Å². The maximum atomic E-state index is 13.4. The van der Waals surface area contributed by atoms with Crippen molar-refractivity contribution in [1.29, 1.82) is 0 Å². The first-order valence-corrected chi connectivity index (χ1v) is 9.45. The van der Waals surface area contributed by atoms with Crippen molar-refractivity contribution in [2.45, 2.75) is 20.8 Å². The van der Waals surface area contributed by atoms with Gasteiger partial charge in [-0.1, -0.05) is 42.0 Å². The second kappa shape index (κ2) is 7.44. The molecule has 0 aliphatic carbocycles. The van der Waals surface area contributed by atoms with Crippen LogP contribution in [0.4, 0.5) is 11.4 Å². The smallest absolute Gasteiger partial charge is 0.274 e. The van der Waals surface area contributed by atoms with Gasteiger partial charge in [0.15, 0.2) is 0 Å². The van der Waals surface area contributed by atoms with Crippen LogP contribution in [0.1, 0.15) is 27.2 Å². The zero-order valence-electron chi connectivity index (χ0n) is 16.8. The Morgan fingerprint density at radius 3 is 2.40 bits per heavy atom. The predicted molar refractivity (Wildman–Crippen MR) is 116 cm³/mol. The maximum absolute atomic E-state index is 13.4. The van der Waals surface area contributed by atoms with Gasteiger partial charge in [0.05, 0.1) is 10.6 Å². The van der Waals surface area contributed by atoms with E-state index in [1.54, 1.807) is 17.4 Å². The third-order valence-electron chi connectivity index (χ3n) is 4.99. The Kier molecular flexibility index (Phi) is 4.79. The minimum atomic E-state index is -0.482. The number of amides is 1. The Morgan fingerprint density at radius 1 is 1.00 bits per heavy atom. The van der Waals surface area contributed by atoms with Gasteiger partial charge in [-0.15, -0.1) is 0 Å². The molecule has 7 heteroatoms. The van der Waals surface area contributed by atoms with E-state index in [0.717, 1.165) is 22.3 Å². The molecule has 1 amide bonds. The summed E-state index contributed by atoms with van der Waals surface area (Å²) in [5, 5.41) is 14.0. The number of hydrogen-bond acceptors (Lipinski definition) is 4. The van der Waals surface area contributed by atoms with Crippen LogP contribution in [0.2, 0.25) is 0 Å². The fourth-order valence-electron chi connectivity index (χ4n) is 3.32. The van der Waals surface area contributed by atoms with Gasteiger partial charge in [0, 0.05) is 23.9 Å². The number of non-ortho nitro benzene ring substituents is 1. The highest BCUT2D eigenvalue weighted by Gasteiger charge is 2.22. The van der Waals surface area contributed by atoms with Crippen molar-refractivity contribution in [2.75, 3.05) is 5.32 Å². The lowest BCUT2D eigenvalue weighted by Gasteiger charge is -2.10. The van der Waals surface area contributed by atoms with Gasteiger partial charge in [0.25, 0.3) is 11.6 Å².